The molecule has 0 saturated heterocycles. The molecule has 0 aliphatic rings. The number of nitrogens with one attached hydrogen (secondary N) is 1. The van der Waals surface area contributed by atoms with Crippen LogP contribution in [0.1, 0.15) is 17.4 Å². The zero-order chi connectivity index (χ0) is 17.5. The van der Waals surface area contributed by atoms with E-state index >= 15 is 0 Å². The molecule has 0 aliphatic carbocycles. The number of carbonyl (C=O) groups excluding carboxylic acids is 2. The van der Waals surface area contributed by atoms with Crippen LogP contribution in [0.3, 0.4) is 0 Å². The summed E-state index contributed by atoms with van der Waals surface area (Å²) in [5.41, 5.74) is 1.39. The molecule has 1 N–H and O–H groups in total. The predicted octanol–water partition coefficient (Wildman–Crippen LogP) is 4.51. The average molecular weight is 384 g/mol. The van der Waals surface area contributed by atoms with Crippen molar-refractivity contribution < 1.29 is 14.3 Å². The summed E-state index contributed by atoms with van der Waals surface area (Å²) >= 11 is 9.14. The van der Waals surface area contributed by atoms with Crippen LogP contribution in [-0.2, 0) is 20.1 Å². The first-order valence-corrected chi connectivity index (χ1v) is 9.74. The molecule has 0 bridgehead atoms. The summed E-state index contributed by atoms with van der Waals surface area (Å²) in [6.07, 6.45) is -0.863. The van der Waals surface area contributed by atoms with Crippen LogP contribution < -0.4 is 5.32 Å². The van der Waals surface area contributed by atoms with Crippen LogP contribution in [0, 0.1) is 6.92 Å². The van der Waals surface area contributed by atoms with Gasteiger partial charge >= 0.3 is 5.97 Å². The molecule has 0 spiro atoms. The standard InChI is InChI=1S/C17H18ClNO3S2/c1-11-14(18)6-3-7-15(11)19-17(21)12(2)22-16(20)10-23-9-13-5-4-8-24-13/h3-8,12H,9-10H2,1-2H3,(H,19,21)/t12-/m0/s1. The van der Waals surface area contributed by atoms with E-state index in [2.05, 4.69) is 5.32 Å². The highest BCUT2D eigenvalue weighted by atomic mass is 35.5. The summed E-state index contributed by atoms with van der Waals surface area (Å²) in [7, 11) is 0. The third-order valence-corrected chi connectivity index (χ3v) is 5.67. The largest absolute Gasteiger partial charge is 0.452 e. The first-order valence-electron chi connectivity index (χ1n) is 7.33. The molecule has 4 nitrogen and oxygen atoms in total. The lowest BCUT2D eigenvalue weighted by molar-refractivity contribution is -0.150. The Kier molecular flexibility index (Phi) is 7.15. The maximum Gasteiger partial charge on any atom is 0.316 e. The van der Waals surface area contributed by atoms with Gasteiger partial charge in [-0.3, -0.25) is 9.59 Å². The highest BCUT2D eigenvalue weighted by molar-refractivity contribution is 7.99. The van der Waals surface area contributed by atoms with Crippen molar-refractivity contribution in [1.29, 1.82) is 0 Å². The summed E-state index contributed by atoms with van der Waals surface area (Å²) in [5.74, 6) is 0.194. The van der Waals surface area contributed by atoms with Gasteiger partial charge in [0.15, 0.2) is 6.10 Å². The fraction of sp³-hybridized carbons (Fsp3) is 0.294. The van der Waals surface area contributed by atoms with E-state index in [0.717, 1.165) is 11.3 Å². The van der Waals surface area contributed by atoms with Crippen LogP contribution in [0.15, 0.2) is 35.7 Å². The van der Waals surface area contributed by atoms with Gasteiger partial charge in [-0.15, -0.1) is 23.1 Å². The highest BCUT2D eigenvalue weighted by Crippen LogP contribution is 2.23. The van der Waals surface area contributed by atoms with E-state index in [9.17, 15) is 9.59 Å². The van der Waals surface area contributed by atoms with Gasteiger partial charge in [0.2, 0.25) is 0 Å². The molecule has 2 aromatic rings. The van der Waals surface area contributed by atoms with Gasteiger partial charge < -0.3 is 10.1 Å². The van der Waals surface area contributed by atoms with Crippen molar-refractivity contribution in [2.75, 3.05) is 11.1 Å². The smallest absolute Gasteiger partial charge is 0.316 e. The number of hydrogen-bond donors (Lipinski definition) is 1. The number of ether oxygens (including phenoxy) is 1. The number of thiophene rings is 1. The number of anilines is 1. The van der Waals surface area contributed by atoms with Gasteiger partial charge in [-0.1, -0.05) is 23.7 Å². The Labute approximate surface area is 154 Å². The second-order valence-corrected chi connectivity index (χ2v) is 7.53. The number of hydrogen-bond acceptors (Lipinski definition) is 5. The zero-order valence-electron chi connectivity index (χ0n) is 13.4. The number of halogens is 1. The summed E-state index contributed by atoms with van der Waals surface area (Å²) in [6, 6.07) is 9.25. The van der Waals surface area contributed by atoms with Crippen molar-refractivity contribution in [3.05, 3.63) is 51.2 Å². The SMILES string of the molecule is Cc1c(Cl)cccc1NC(=O)[C@H](C)OC(=O)CSCc1cccs1. The highest BCUT2D eigenvalue weighted by Gasteiger charge is 2.18. The lowest BCUT2D eigenvalue weighted by Crippen LogP contribution is -2.30. The van der Waals surface area contributed by atoms with Crippen LogP contribution in [0.2, 0.25) is 5.02 Å². The molecule has 1 atom stereocenters. The maximum absolute atomic E-state index is 12.1. The van der Waals surface area contributed by atoms with E-state index in [4.69, 9.17) is 16.3 Å². The summed E-state index contributed by atoms with van der Waals surface area (Å²) in [4.78, 5) is 25.2. The van der Waals surface area contributed by atoms with Gasteiger partial charge in [-0.05, 0) is 43.0 Å². The molecular weight excluding hydrogens is 366 g/mol. The van der Waals surface area contributed by atoms with E-state index in [1.54, 1.807) is 36.5 Å². The average Bonchev–Trinajstić information content (AvgIpc) is 3.05. The number of esters is 1. The number of thioether (sulfide) groups is 1. The maximum atomic E-state index is 12.1. The Bertz CT molecular complexity index is 704. The summed E-state index contributed by atoms with van der Waals surface area (Å²) in [5, 5.41) is 5.30. The van der Waals surface area contributed by atoms with Gasteiger partial charge in [0.25, 0.3) is 5.91 Å². The van der Waals surface area contributed by atoms with E-state index in [1.807, 2.05) is 24.4 Å². The molecule has 1 aromatic carbocycles. The third kappa shape index (κ3) is 5.54. The second-order valence-electron chi connectivity index (χ2n) is 5.11. The predicted molar refractivity (Wildman–Crippen MR) is 101 cm³/mol. The van der Waals surface area contributed by atoms with Gasteiger partial charge in [0.1, 0.15) is 0 Å². The molecule has 0 radical (unpaired) electrons. The molecule has 2 rings (SSSR count). The lowest BCUT2D eigenvalue weighted by atomic mass is 10.2. The van der Waals surface area contributed by atoms with Crippen LogP contribution >= 0.6 is 34.7 Å². The molecular formula is C17H18ClNO3S2. The number of carbonyl (C=O) groups is 2. The molecule has 24 heavy (non-hydrogen) atoms. The second kappa shape index (κ2) is 9.11. The monoisotopic (exact) mass is 383 g/mol. The summed E-state index contributed by atoms with van der Waals surface area (Å²) in [6.45, 7) is 3.37. The molecule has 0 unspecified atom stereocenters. The number of amides is 1. The Hall–Kier alpha value is -1.50. The minimum absolute atomic E-state index is 0.214. The normalized spacial score (nSPS) is 11.8. The van der Waals surface area contributed by atoms with Crippen LogP contribution in [0.4, 0.5) is 5.69 Å². The number of benzene rings is 1. The minimum Gasteiger partial charge on any atom is -0.452 e. The number of rotatable bonds is 7. The molecule has 1 amide bonds. The van der Waals surface area contributed by atoms with Crippen molar-refractivity contribution in [2.45, 2.75) is 25.7 Å². The van der Waals surface area contributed by atoms with Gasteiger partial charge in [-0.2, -0.15) is 0 Å². The van der Waals surface area contributed by atoms with Crippen molar-refractivity contribution in [1.82, 2.24) is 0 Å². The topological polar surface area (TPSA) is 55.4 Å². The zero-order valence-corrected chi connectivity index (χ0v) is 15.8. The molecule has 1 aromatic heterocycles. The quantitative estimate of drug-likeness (QED) is 0.714. The summed E-state index contributed by atoms with van der Waals surface area (Å²) < 4.78 is 5.17. The Balaban J connectivity index is 1.78. The van der Waals surface area contributed by atoms with Crippen LogP contribution in [0.25, 0.3) is 0 Å². The van der Waals surface area contributed by atoms with Gasteiger partial charge in [-0.25, -0.2) is 0 Å². The van der Waals surface area contributed by atoms with E-state index in [1.165, 1.54) is 16.6 Å². The molecule has 0 aliphatic heterocycles. The molecule has 7 heteroatoms. The molecule has 128 valence electrons. The third-order valence-electron chi connectivity index (χ3n) is 3.25. The van der Waals surface area contributed by atoms with Crippen molar-refractivity contribution >= 4 is 52.3 Å². The van der Waals surface area contributed by atoms with Crippen molar-refractivity contribution in [3.8, 4) is 0 Å². The molecule has 0 fully saturated rings. The molecule has 1 heterocycles. The Morgan fingerprint density at radius 2 is 2.12 bits per heavy atom. The van der Waals surface area contributed by atoms with Crippen molar-refractivity contribution in [2.24, 2.45) is 0 Å². The Morgan fingerprint density at radius 1 is 1.33 bits per heavy atom. The Morgan fingerprint density at radius 3 is 2.83 bits per heavy atom. The van der Waals surface area contributed by atoms with Crippen LogP contribution in [0.5, 0.6) is 0 Å². The van der Waals surface area contributed by atoms with Gasteiger partial charge in [0, 0.05) is 21.3 Å². The lowest BCUT2D eigenvalue weighted by Gasteiger charge is -2.15. The van der Waals surface area contributed by atoms with E-state index < -0.39 is 12.1 Å². The fourth-order valence-electron chi connectivity index (χ4n) is 1.89. The van der Waals surface area contributed by atoms with Crippen molar-refractivity contribution in [3.63, 3.8) is 0 Å². The van der Waals surface area contributed by atoms with E-state index in [0.29, 0.717) is 10.7 Å². The van der Waals surface area contributed by atoms with Crippen LogP contribution in [-0.4, -0.2) is 23.7 Å². The van der Waals surface area contributed by atoms with Gasteiger partial charge in [0.05, 0.1) is 5.75 Å². The first-order chi connectivity index (χ1) is 11.5. The minimum atomic E-state index is -0.863. The molecule has 0 saturated carbocycles. The van der Waals surface area contributed by atoms with E-state index in [-0.39, 0.29) is 11.7 Å². The fourth-order valence-corrected chi connectivity index (χ4v) is 3.71. The first kappa shape index (κ1) is 18.8.